The first-order valence-electron chi connectivity index (χ1n) is 6.11. The second-order valence-corrected chi connectivity index (χ2v) is 4.33. The summed E-state index contributed by atoms with van der Waals surface area (Å²) in [4.78, 5) is 18.2. The first-order valence-corrected chi connectivity index (χ1v) is 6.11. The molecule has 0 fully saturated rings. The van der Waals surface area contributed by atoms with E-state index in [1.54, 1.807) is 18.1 Å². The molecule has 1 amide bonds. The molecule has 0 saturated carbocycles. The molecule has 1 N–H and O–H groups in total. The first kappa shape index (κ1) is 13.1. The van der Waals surface area contributed by atoms with Crippen LogP contribution in [-0.4, -0.2) is 25.0 Å². The van der Waals surface area contributed by atoms with Crippen molar-refractivity contribution in [1.82, 2.24) is 4.98 Å². The number of anilines is 2. The van der Waals surface area contributed by atoms with Crippen molar-refractivity contribution in [3.63, 3.8) is 0 Å². The highest BCUT2D eigenvalue weighted by Gasteiger charge is 2.16. The summed E-state index contributed by atoms with van der Waals surface area (Å²) in [6.45, 7) is 1.93. The summed E-state index contributed by atoms with van der Waals surface area (Å²) in [6.07, 6.45) is 1.68. The third kappa shape index (κ3) is 2.73. The maximum absolute atomic E-state index is 12.4. The Morgan fingerprint density at radius 2 is 2.05 bits per heavy atom. The Hall–Kier alpha value is -2.36. The molecular formula is C15H17N3O. The van der Waals surface area contributed by atoms with E-state index in [0.717, 1.165) is 11.3 Å². The predicted molar refractivity (Wildman–Crippen MR) is 77.7 cm³/mol. The fraction of sp³-hybridized carbons (Fsp3) is 0.200. The zero-order chi connectivity index (χ0) is 13.8. The molecule has 0 aliphatic rings. The number of nitrogens with zero attached hydrogens (tertiary/aromatic N) is 2. The van der Waals surface area contributed by atoms with Crippen molar-refractivity contribution < 1.29 is 4.79 Å². The second-order valence-electron chi connectivity index (χ2n) is 4.33. The number of rotatable bonds is 3. The highest BCUT2D eigenvalue weighted by atomic mass is 16.2. The summed E-state index contributed by atoms with van der Waals surface area (Å²) in [6, 6.07) is 11.2. The van der Waals surface area contributed by atoms with Gasteiger partial charge < -0.3 is 5.32 Å². The van der Waals surface area contributed by atoms with Gasteiger partial charge in [0.2, 0.25) is 0 Å². The van der Waals surface area contributed by atoms with Crippen LogP contribution in [0.1, 0.15) is 15.9 Å². The average molecular weight is 255 g/mol. The Morgan fingerprint density at radius 1 is 1.26 bits per heavy atom. The van der Waals surface area contributed by atoms with Crippen LogP contribution in [0.2, 0.25) is 0 Å². The third-order valence-electron chi connectivity index (χ3n) is 3.04. The fourth-order valence-corrected chi connectivity index (χ4v) is 1.90. The van der Waals surface area contributed by atoms with Gasteiger partial charge in [-0.1, -0.05) is 6.07 Å². The number of carbonyl (C=O) groups excluding carboxylic acids is 1. The van der Waals surface area contributed by atoms with E-state index >= 15 is 0 Å². The van der Waals surface area contributed by atoms with Crippen molar-refractivity contribution in [1.29, 1.82) is 0 Å². The molecule has 0 radical (unpaired) electrons. The molecule has 0 spiro atoms. The van der Waals surface area contributed by atoms with Crippen LogP contribution in [0.4, 0.5) is 11.5 Å². The molecule has 98 valence electrons. The number of benzene rings is 1. The molecule has 0 aliphatic heterocycles. The molecule has 0 saturated heterocycles. The lowest BCUT2D eigenvalue weighted by Crippen LogP contribution is -2.27. The number of hydrogen-bond donors (Lipinski definition) is 1. The summed E-state index contributed by atoms with van der Waals surface area (Å²) >= 11 is 0. The molecule has 0 atom stereocenters. The third-order valence-corrected chi connectivity index (χ3v) is 3.04. The van der Waals surface area contributed by atoms with Gasteiger partial charge in [0, 0.05) is 31.5 Å². The van der Waals surface area contributed by atoms with E-state index in [2.05, 4.69) is 10.3 Å². The Kier molecular flexibility index (Phi) is 3.80. The number of hydrogen-bond acceptors (Lipinski definition) is 3. The molecular weight excluding hydrogens is 238 g/mol. The number of nitrogens with one attached hydrogen (secondary N) is 1. The van der Waals surface area contributed by atoms with Crippen LogP contribution in [0, 0.1) is 6.92 Å². The van der Waals surface area contributed by atoms with E-state index in [-0.39, 0.29) is 5.91 Å². The number of pyridine rings is 1. The zero-order valence-corrected chi connectivity index (χ0v) is 11.3. The molecule has 4 heteroatoms. The van der Waals surface area contributed by atoms with Crippen LogP contribution in [0.25, 0.3) is 0 Å². The molecule has 1 aromatic heterocycles. The summed E-state index contributed by atoms with van der Waals surface area (Å²) < 4.78 is 0. The van der Waals surface area contributed by atoms with Crippen molar-refractivity contribution >= 4 is 17.4 Å². The maximum atomic E-state index is 12.4. The minimum absolute atomic E-state index is 0.0566. The lowest BCUT2D eigenvalue weighted by atomic mass is 10.1. The standard InChI is InChI=1S/C15H17N3O/c1-11-10-12(16-2)7-8-13(11)15(19)18(3)14-6-4-5-9-17-14/h4-10,16H,1-3H3. The van der Waals surface area contributed by atoms with Crippen molar-refractivity contribution in [2.24, 2.45) is 0 Å². The van der Waals surface area contributed by atoms with Gasteiger partial charge in [0.25, 0.3) is 5.91 Å². The molecule has 0 bridgehead atoms. The molecule has 0 aliphatic carbocycles. The number of aryl methyl sites for hydroxylation is 1. The number of carbonyl (C=O) groups is 1. The van der Waals surface area contributed by atoms with Gasteiger partial charge in [0.1, 0.15) is 5.82 Å². The largest absolute Gasteiger partial charge is 0.388 e. The van der Waals surface area contributed by atoms with Crippen molar-refractivity contribution in [2.45, 2.75) is 6.92 Å². The Morgan fingerprint density at radius 3 is 2.63 bits per heavy atom. The zero-order valence-electron chi connectivity index (χ0n) is 11.3. The van der Waals surface area contributed by atoms with Gasteiger partial charge in [-0.05, 0) is 42.8 Å². The van der Waals surface area contributed by atoms with Crippen LogP contribution in [0.3, 0.4) is 0 Å². The highest BCUT2D eigenvalue weighted by molar-refractivity contribution is 6.06. The highest BCUT2D eigenvalue weighted by Crippen LogP contribution is 2.18. The van der Waals surface area contributed by atoms with Gasteiger partial charge in [-0.3, -0.25) is 9.69 Å². The van der Waals surface area contributed by atoms with E-state index in [9.17, 15) is 4.79 Å². The topological polar surface area (TPSA) is 45.2 Å². The SMILES string of the molecule is CNc1ccc(C(=O)N(C)c2ccccn2)c(C)c1. The quantitative estimate of drug-likeness (QED) is 0.917. The average Bonchev–Trinajstić information content (AvgIpc) is 2.46. The molecule has 2 aromatic rings. The van der Waals surface area contributed by atoms with Crippen LogP contribution in [0.5, 0.6) is 0 Å². The van der Waals surface area contributed by atoms with E-state index in [1.807, 2.05) is 50.4 Å². The molecule has 0 unspecified atom stereocenters. The van der Waals surface area contributed by atoms with Crippen molar-refractivity contribution in [3.8, 4) is 0 Å². The van der Waals surface area contributed by atoms with Gasteiger partial charge in [0.05, 0.1) is 0 Å². The van der Waals surface area contributed by atoms with E-state index in [4.69, 9.17) is 0 Å². The predicted octanol–water partition coefficient (Wildman–Crippen LogP) is 2.71. The summed E-state index contributed by atoms with van der Waals surface area (Å²) in [5.41, 5.74) is 2.63. The lowest BCUT2D eigenvalue weighted by Gasteiger charge is -2.17. The molecule has 19 heavy (non-hydrogen) atoms. The van der Waals surface area contributed by atoms with Crippen molar-refractivity contribution in [2.75, 3.05) is 24.3 Å². The van der Waals surface area contributed by atoms with E-state index < -0.39 is 0 Å². The van der Waals surface area contributed by atoms with Crippen LogP contribution >= 0.6 is 0 Å². The molecule has 2 rings (SSSR count). The summed E-state index contributed by atoms with van der Waals surface area (Å²) in [5, 5.41) is 3.06. The van der Waals surface area contributed by atoms with E-state index in [0.29, 0.717) is 11.4 Å². The molecule has 4 nitrogen and oxygen atoms in total. The van der Waals surface area contributed by atoms with Gasteiger partial charge in [0.15, 0.2) is 0 Å². The minimum atomic E-state index is -0.0566. The summed E-state index contributed by atoms with van der Waals surface area (Å²) in [5.74, 6) is 0.587. The van der Waals surface area contributed by atoms with Crippen LogP contribution in [0.15, 0.2) is 42.6 Å². The number of amides is 1. The maximum Gasteiger partial charge on any atom is 0.259 e. The Balaban J connectivity index is 2.29. The van der Waals surface area contributed by atoms with Gasteiger partial charge in [-0.25, -0.2) is 4.98 Å². The van der Waals surface area contributed by atoms with E-state index in [1.165, 1.54) is 0 Å². The Bertz CT molecular complexity index is 581. The van der Waals surface area contributed by atoms with Crippen molar-refractivity contribution in [3.05, 3.63) is 53.7 Å². The van der Waals surface area contributed by atoms with Gasteiger partial charge in [-0.2, -0.15) is 0 Å². The normalized spacial score (nSPS) is 10.1. The number of aromatic nitrogens is 1. The van der Waals surface area contributed by atoms with Gasteiger partial charge >= 0.3 is 0 Å². The fourth-order valence-electron chi connectivity index (χ4n) is 1.90. The summed E-state index contributed by atoms with van der Waals surface area (Å²) in [7, 11) is 3.59. The lowest BCUT2D eigenvalue weighted by molar-refractivity contribution is 0.0992. The monoisotopic (exact) mass is 255 g/mol. The smallest absolute Gasteiger partial charge is 0.259 e. The minimum Gasteiger partial charge on any atom is -0.388 e. The first-order chi connectivity index (χ1) is 9.13. The molecule has 1 aromatic carbocycles. The Labute approximate surface area is 113 Å². The van der Waals surface area contributed by atoms with Crippen LogP contribution < -0.4 is 10.2 Å². The van der Waals surface area contributed by atoms with Crippen LogP contribution in [-0.2, 0) is 0 Å². The van der Waals surface area contributed by atoms with Gasteiger partial charge in [-0.15, -0.1) is 0 Å². The second kappa shape index (κ2) is 5.52. The molecule has 1 heterocycles.